The molecule has 7 nitrogen and oxygen atoms in total. The highest BCUT2D eigenvalue weighted by Crippen LogP contribution is 2.37. The standard InChI is InChI=1S/C24H23ClN4O3/c1-14-20-22(32-28-14)21-18(25)8-3-9-19(21)29(24(20)31)17-7-2-5-15(11-17)12-27-23(30)16-6-4-10-26-13-16/h3-4,6,8-10,13,15,17H,2,5,7,11-12H2,1H3,(H,27,30). The summed E-state index contributed by atoms with van der Waals surface area (Å²) in [6.07, 6.45) is 6.88. The van der Waals surface area contributed by atoms with Gasteiger partial charge >= 0.3 is 0 Å². The van der Waals surface area contributed by atoms with Gasteiger partial charge in [0, 0.05) is 25.0 Å². The molecule has 1 aliphatic rings. The Balaban J connectivity index is 1.46. The van der Waals surface area contributed by atoms with Crippen molar-refractivity contribution in [3.63, 3.8) is 0 Å². The van der Waals surface area contributed by atoms with Crippen molar-refractivity contribution >= 4 is 39.4 Å². The monoisotopic (exact) mass is 450 g/mol. The van der Waals surface area contributed by atoms with Crippen LogP contribution in [-0.4, -0.2) is 27.2 Å². The minimum absolute atomic E-state index is 0.0104. The van der Waals surface area contributed by atoms with Crippen molar-refractivity contribution in [2.75, 3.05) is 6.54 Å². The lowest BCUT2D eigenvalue weighted by molar-refractivity contribution is 0.0940. The number of fused-ring (bicyclic) bond motifs is 3. The molecule has 3 heterocycles. The van der Waals surface area contributed by atoms with E-state index in [2.05, 4.69) is 15.5 Å². The number of carbonyl (C=O) groups is 1. The number of hydrogen-bond acceptors (Lipinski definition) is 5. The maximum absolute atomic E-state index is 13.5. The van der Waals surface area contributed by atoms with Gasteiger partial charge in [-0.25, -0.2) is 0 Å². The molecule has 0 spiro atoms. The maximum Gasteiger partial charge on any atom is 0.264 e. The number of aromatic nitrogens is 3. The summed E-state index contributed by atoms with van der Waals surface area (Å²) < 4.78 is 7.36. The lowest BCUT2D eigenvalue weighted by Crippen LogP contribution is -2.34. The molecule has 5 rings (SSSR count). The maximum atomic E-state index is 13.5. The zero-order valence-electron chi connectivity index (χ0n) is 17.7. The molecule has 32 heavy (non-hydrogen) atoms. The van der Waals surface area contributed by atoms with Crippen molar-refractivity contribution in [2.45, 2.75) is 38.6 Å². The van der Waals surface area contributed by atoms with E-state index in [1.54, 1.807) is 37.5 Å². The molecule has 2 atom stereocenters. The van der Waals surface area contributed by atoms with Gasteiger partial charge in [0.15, 0.2) is 5.58 Å². The summed E-state index contributed by atoms with van der Waals surface area (Å²) in [5.74, 6) is 0.144. The summed E-state index contributed by atoms with van der Waals surface area (Å²) in [5.41, 5.74) is 2.22. The number of pyridine rings is 2. The van der Waals surface area contributed by atoms with Crippen LogP contribution in [0.2, 0.25) is 5.02 Å². The molecule has 1 amide bonds. The lowest BCUT2D eigenvalue weighted by atomic mass is 9.85. The third kappa shape index (κ3) is 3.56. The van der Waals surface area contributed by atoms with Crippen molar-refractivity contribution in [3.8, 4) is 0 Å². The van der Waals surface area contributed by atoms with E-state index >= 15 is 0 Å². The number of aryl methyl sites for hydroxylation is 1. The van der Waals surface area contributed by atoms with E-state index in [1.807, 2.05) is 16.7 Å². The fourth-order valence-corrected chi connectivity index (χ4v) is 5.10. The van der Waals surface area contributed by atoms with E-state index in [9.17, 15) is 9.59 Å². The summed E-state index contributed by atoms with van der Waals surface area (Å²) >= 11 is 6.52. The van der Waals surface area contributed by atoms with Crippen molar-refractivity contribution < 1.29 is 9.32 Å². The fraction of sp³-hybridized carbons (Fsp3) is 0.333. The normalized spacial score (nSPS) is 18.8. The molecule has 164 valence electrons. The lowest BCUT2D eigenvalue weighted by Gasteiger charge is -2.31. The van der Waals surface area contributed by atoms with Crippen LogP contribution in [0, 0.1) is 12.8 Å². The Bertz CT molecular complexity index is 1360. The van der Waals surface area contributed by atoms with Gasteiger partial charge in [-0.3, -0.25) is 14.6 Å². The van der Waals surface area contributed by atoms with Gasteiger partial charge in [-0.1, -0.05) is 29.2 Å². The van der Waals surface area contributed by atoms with E-state index in [-0.39, 0.29) is 23.4 Å². The smallest absolute Gasteiger partial charge is 0.264 e. The molecular weight excluding hydrogens is 428 g/mol. The third-order valence-corrected chi connectivity index (χ3v) is 6.68. The molecule has 4 aromatic rings. The number of halogens is 1. The highest BCUT2D eigenvalue weighted by molar-refractivity contribution is 6.37. The highest BCUT2D eigenvalue weighted by Gasteiger charge is 2.28. The van der Waals surface area contributed by atoms with Gasteiger partial charge < -0.3 is 14.4 Å². The molecule has 1 aliphatic carbocycles. The summed E-state index contributed by atoms with van der Waals surface area (Å²) in [4.78, 5) is 30.0. The first-order valence-electron chi connectivity index (χ1n) is 10.8. The van der Waals surface area contributed by atoms with Gasteiger partial charge in [-0.2, -0.15) is 0 Å². The predicted molar refractivity (Wildman–Crippen MR) is 123 cm³/mol. The number of carbonyl (C=O) groups excluding carboxylic acids is 1. The first-order valence-corrected chi connectivity index (χ1v) is 11.2. The Morgan fingerprint density at radius 2 is 2.12 bits per heavy atom. The summed E-state index contributed by atoms with van der Waals surface area (Å²) in [6.45, 7) is 2.34. The van der Waals surface area contributed by atoms with Crippen molar-refractivity contribution in [2.24, 2.45) is 5.92 Å². The van der Waals surface area contributed by atoms with E-state index in [4.69, 9.17) is 16.1 Å². The van der Waals surface area contributed by atoms with Gasteiger partial charge in [0.1, 0.15) is 5.39 Å². The highest BCUT2D eigenvalue weighted by atomic mass is 35.5. The minimum Gasteiger partial charge on any atom is -0.355 e. The summed E-state index contributed by atoms with van der Waals surface area (Å²) in [7, 11) is 0. The SMILES string of the molecule is Cc1noc2c1c(=O)n(C1CCCC(CNC(=O)c3cccnc3)C1)c1cccc(Cl)c21. The van der Waals surface area contributed by atoms with Crippen molar-refractivity contribution in [3.05, 3.63) is 69.4 Å². The van der Waals surface area contributed by atoms with E-state index < -0.39 is 0 Å². The van der Waals surface area contributed by atoms with Crippen LogP contribution < -0.4 is 10.9 Å². The number of amides is 1. The number of nitrogens with one attached hydrogen (secondary N) is 1. The molecule has 0 radical (unpaired) electrons. The Hall–Kier alpha value is -3.19. The average Bonchev–Trinajstić information content (AvgIpc) is 3.20. The molecule has 1 aromatic carbocycles. The van der Waals surface area contributed by atoms with E-state index in [0.717, 1.165) is 36.6 Å². The van der Waals surface area contributed by atoms with Crippen LogP contribution >= 0.6 is 11.6 Å². The second kappa shape index (κ2) is 8.39. The molecule has 1 fully saturated rings. The van der Waals surface area contributed by atoms with Gasteiger partial charge in [0.2, 0.25) is 0 Å². The summed E-state index contributed by atoms with van der Waals surface area (Å²) in [5, 5.41) is 8.79. The Labute approximate surface area is 189 Å². The number of benzene rings is 1. The topological polar surface area (TPSA) is 90.0 Å². The average molecular weight is 451 g/mol. The summed E-state index contributed by atoms with van der Waals surface area (Å²) in [6, 6.07) is 9.07. The van der Waals surface area contributed by atoms with Gasteiger partial charge in [0.25, 0.3) is 11.5 Å². The second-order valence-electron chi connectivity index (χ2n) is 8.42. The van der Waals surface area contributed by atoms with Crippen LogP contribution in [0.15, 0.2) is 52.0 Å². The van der Waals surface area contributed by atoms with Crippen LogP contribution in [0.4, 0.5) is 0 Å². The first kappa shape index (κ1) is 20.7. The molecule has 8 heteroatoms. The van der Waals surface area contributed by atoms with Gasteiger partial charge in [-0.15, -0.1) is 0 Å². The zero-order valence-corrected chi connectivity index (χ0v) is 18.4. The van der Waals surface area contributed by atoms with Crippen LogP contribution in [0.3, 0.4) is 0 Å². The zero-order chi connectivity index (χ0) is 22.2. The Kier molecular flexibility index (Phi) is 5.43. The molecule has 1 N–H and O–H groups in total. The van der Waals surface area contributed by atoms with Crippen LogP contribution in [0.1, 0.15) is 47.8 Å². The Morgan fingerprint density at radius 1 is 1.25 bits per heavy atom. The van der Waals surface area contributed by atoms with Gasteiger partial charge in [0.05, 0.1) is 27.2 Å². The molecule has 2 unspecified atom stereocenters. The number of rotatable bonds is 4. The number of hydrogen-bond donors (Lipinski definition) is 1. The van der Waals surface area contributed by atoms with E-state index in [0.29, 0.717) is 33.8 Å². The second-order valence-corrected chi connectivity index (χ2v) is 8.83. The molecule has 0 aliphatic heterocycles. The molecular formula is C24H23ClN4O3. The van der Waals surface area contributed by atoms with Crippen LogP contribution in [0.25, 0.3) is 21.9 Å². The largest absolute Gasteiger partial charge is 0.355 e. The van der Waals surface area contributed by atoms with Gasteiger partial charge in [-0.05, 0) is 56.4 Å². The van der Waals surface area contributed by atoms with Crippen LogP contribution in [-0.2, 0) is 0 Å². The first-order chi connectivity index (χ1) is 15.5. The predicted octanol–water partition coefficient (Wildman–Crippen LogP) is 4.66. The fourth-order valence-electron chi connectivity index (χ4n) is 4.84. The minimum atomic E-state index is -0.129. The Morgan fingerprint density at radius 3 is 2.94 bits per heavy atom. The molecule has 1 saturated carbocycles. The van der Waals surface area contributed by atoms with Crippen LogP contribution in [0.5, 0.6) is 0 Å². The third-order valence-electron chi connectivity index (χ3n) is 6.37. The molecule has 3 aromatic heterocycles. The van der Waals surface area contributed by atoms with E-state index in [1.165, 1.54) is 0 Å². The number of nitrogens with zero attached hydrogens (tertiary/aromatic N) is 3. The molecule has 0 saturated heterocycles. The van der Waals surface area contributed by atoms with Crippen molar-refractivity contribution in [1.29, 1.82) is 0 Å². The quantitative estimate of drug-likeness (QED) is 0.488. The molecule has 0 bridgehead atoms. The van der Waals surface area contributed by atoms with Crippen molar-refractivity contribution in [1.82, 2.24) is 20.0 Å².